The standard InChI is InChI=1S/C16H34N2/c1-7-18(8-2)16(5,6)15(17)14-10-9-12(3)13(4)11-14/h12-15H,7-11,17H2,1-6H3. The van der Waals surface area contributed by atoms with Crippen LogP contribution in [0.1, 0.15) is 60.8 Å². The van der Waals surface area contributed by atoms with Gasteiger partial charge in [0.1, 0.15) is 0 Å². The summed E-state index contributed by atoms with van der Waals surface area (Å²) in [6.07, 6.45) is 3.98. The maximum Gasteiger partial charge on any atom is 0.0306 e. The first kappa shape index (κ1) is 16.0. The first-order chi connectivity index (χ1) is 8.34. The van der Waals surface area contributed by atoms with Crippen LogP contribution >= 0.6 is 0 Å². The molecule has 0 amide bonds. The predicted molar refractivity (Wildman–Crippen MR) is 80.6 cm³/mol. The smallest absolute Gasteiger partial charge is 0.0306 e. The van der Waals surface area contributed by atoms with Crippen LogP contribution < -0.4 is 5.73 Å². The number of hydrogen-bond donors (Lipinski definition) is 1. The van der Waals surface area contributed by atoms with E-state index in [0.717, 1.165) is 24.9 Å². The van der Waals surface area contributed by atoms with Crippen LogP contribution in [0.25, 0.3) is 0 Å². The Labute approximate surface area is 114 Å². The van der Waals surface area contributed by atoms with Gasteiger partial charge < -0.3 is 5.73 Å². The highest BCUT2D eigenvalue weighted by atomic mass is 15.2. The zero-order valence-electron chi connectivity index (χ0n) is 13.4. The Morgan fingerprint density at radius 1 is 1.11 bits per heavy atom. The van der Waals surface area contributed by atoms with Gasteiger partial charge in [0.05, 0.1) is 0 Å². The van der Waals surface area contributed by atoms with E-state index < -0.39 is 0 Å². The molecule has 1 rings (SSSR count). The topological polar surface area (TPSA) is 29.3 Å². The molecule has 2 nitrogen and oxygen atoms in total. The molecule has 0 aliphatic heterocycles. The monoisotopic (exact) mass is 254 g/mol. The van der Waals surface area contributed by atoms with E-state index in [9.17, 15) is 0 Å². The molecule has 4 unspecified atom stereocenters. The highest BCUT2D eigenvalue weighted by Gasteiger charge is 2.38. The molecule has 0 aromatic heterocycles. The fourth-order valence-electron chi connectivity index (χ4n) is 3.74. The van der Waals surface area contributed by atoms with E-state index in [0.29, 0.717) is 12.0 Å². The van der Waals surface area contributed by atoms with Gasteiger partial charge >= 0.3 is 0 Å². The van der Waals surface area contributed by atoms with Crippen LogP contribution in [0.5, 0.6) is 0 Å². The molecular weight excluding hydrogens is 220 g/mol. The molecule has 0 heterocycles. The number of likely N-dealkylation sites (N-methyl/N-ethyl adjacent to an activating group) is 1. The van der Waals surface area contributed by atoms with E-state index in [1.807, 2.05) is 0 Å². The molecule has 0 saturated heterocycles. The molecule has 1 aliphatic rings. The maximum absolute atomic E-state index is 6.64. The minimum atomic E-state index is 0.120. The van der Waals surface area contributed by atoms with Gasteiger partial charge in [0.15, 0.2) is 0 Å². The molecule has 1 saturated carbocycles. The quantitative estimate of drug-likeness (QED) is 0.813. The molecule has 0 radical (unpaired) electrons. The zero-order chi connectivity index (χ0) is 13.9. The molecule has 4 atom stereocenters. The van der Waals surface area contributed by atoms with Gasteiger partial charge in [-0.1, -0.05) is 34.1 Å². The Morgan fingerprint density at radius 2 is 1.67 bits per heavy atom. The van der Waals surface area contributed by atoms with Crippen molar-refractivity contribution in [2.24, 2.45) is 23.5 Å². The molecular formula is C16H34N2. The molecule has 2 N–H and O–H groups in total. The molecule has 18 heavy (non-hydrogen) atoms. The highest BCUT2D eigenvalue weighted by molar-refractivity contribution is 4.96. The third kappa shape index (κ3) is 3.27. The second-order valence-corrected chi connectivity index (χ2v) is 6.88. The first-order valence-electron chi connectivity index (χ1n) is 7.85. The van der Waals surface area contributed by atoms with Crippen molar-refractivity contribution in [3.63, 3.8) is 0 Å². The predicted octanol–water partition coefficient (Wildman–Crippen LogP) is 3.51. The largest absolute Gasteiger partial charge is 0.326 e. The van der Waals surface area contributed by atoms with E-state index in [-0.39, 0.29) is 5.54 Å². The van der Waals surface area contributed by atoms with Crippen molar-refractivity contribution in [3.05, 3.63) is 0 Å². The Balaban J connectivity index is 2.71. The van der Waals surface area contributed by atoms with E-state index >= 15 is 0 Å². The Kier molecular flexibility index (Phi) is 5.67. The van der Waals surface area contributed by atoms with Gasteiger partial charge in [0, 0.05) is 11.6 Å². The van der Waals surface area contributed by atoms with Crippen LogP contribution in [-0.2, 0) is 0 Å². The lowest BCUT2D eigenvalue weighted by atomic mass is 9.69. The summed E-state index contributed by atoms with van der Waals surface area (Å²) in [5.41, 5.74) is 6.76. The molecule has 0 aromatic rings. The summed E-state index contributed by atoms with van der Waals surface area (Å²) in [7, 11) is 0. The van der Waals surface area contributed by atoms with Crippen LogP contribution in [0.4, 0.5) is 0 Å². The molecule has 108 valence electrons. The van der Waals surface area contributed by atoms with Crippen LogP contribution in [0.15, 0.2) is 0 Å². The van der Waals surface area contributed by atoms with Crippen molar-refractivity contribution in [3.8, 4) is 0 Å². The van der Waals surface area contributed by atoms with Gasteiger partial charge in [0.2, 0.25) is 0 Å². The fraction of sp³-hybridized carbons (Fsp3) is 1.00. The molecule has 1 aliphatic carbocycles. The molecule has 0 spiro atoms. The number of rotatable bonds is 5. The van der Waals surface area contributed by atoms with E-state index in [4.69, 9.17) is 5.73 Å². The van der Waals surface area contributed by atoms with Gasteiger partial charge in [-0.05, 0) is 57.5 Å². The summed E-state index contributed by atoms with van der Waals surface area (Å²) in [6, 6.07) is 0.298. The molecule has 1 fully saturated rings. The van der Waals surface area contributed by atoms with Gasteiger partial charge in [-0.2, -0.15) is 0 Å². The van der Waals surface area contributed by atoms with Crippen molar-refractivity contribution in [2.45, 2.75) is 72.4 Å². The summed E-state index contributed by atoms with van der Waals surface area (Å²) in [5, 5.41) is 0. The molecule has 2 heteroatoms. The molecule has 0 aromatic carbocycles. The van der Waals surface area contributed by atoms with E-state index in [1.165, 1.54) is 19.3 Å². The van der Waals surface area contributed by atoms with Crippen LogP contribution in [0.3, 0.4) is 0 Å². The van der Waals surface area contributed by atoms with Crippen molar-refractivity contribution in [1.82, 2.24) is 4.90 Å². The van der Waals surface area contributed by atoms with Crippen molar-refractivity contribution in [1.29, 1.82) is 0 Å². The van der Waals surface area contributed by atoms with Gasteiger partial charge in [-0.15, -0.1) is 0 Å². The lowest BCUT2D eigenvalue weighted by Gasteiger charge is -2.47. The zero-order valence-corrected chi connectivity index (χ0v) is 13.4. The van der Waals surface area contributed by atoms with Gasteiger partial charge in [-0.25, -0.2) is 0 Å². The third-order valence-electron chi connectivity index (χ3n) is 5.54. The second kappa shape index (κ2) is 6.38. The Bertz CT molecular complexity index is 245. The fourth-order valence-corrected chi connectivity index (χ4v) is 3.74. The minimum absolute atomic E-state index is 0.120. The lowest BCUT2D eigenvalue weighted by Crippen LogP contribution is -2.59. The summed E-state index contributed by atoms with van der Waals surface area (Å²) in [5.74, 6) is 2.42. The average molecular weight is 254 g/mol. The third-order valence-corrected chi connectivity index (χ3v) is 5.54. The number of nitrogens with zero attached hydrogens (tertiary/aromatic N) is 1. The van der Waals surface area contributed by atoms with E-state index in [2.05, 4.69) is 46.4 Å². The van der Waals surface area contributed by atoms with Gasteiger partial charge in [0.25, 0.3) is 0 Å². The summed E-state index contributed by atoms with van der Waals surface area (Å²) >= 11 is 0. The van der Waals surface area contributed by atoms with Crippen molar-refractivity contribution >= 4 is 0 Å². The first-order valence-corrected chi connectivity index (χ1v) is 7.85. The maximum atomic E-state index is 6.64. The summed E-state index contributed by atoms with van der Waals surface area (Å²) in [4.78, 5) is 2.51. The van der Waals surface area contributed by atoms with E-state index in [1.54, 1.807) is 0 Å². The summed E-state index contributed by atoms with van der Waals surface area (Å²) in [6.45, 7) is 16.1. The lowest BCUT2D eigenvalue weighted by molar-refractivity contribution is 0.0580. The Morgan fingerprint density at radius 3 is 2.11 bits per heavy atom. The molecule has 0 bridgehead atoms. The van der Waals surface area contributed by atoms with Crippen molar-refractivity contribution < 1.29 is 0 Å². The highest BCUT2D eigenvalue weighted by Crippen LogP contribution is 2.37. The summed E-state index contributed by atoms with van der Waals surface area (Å²) < 4.78 is 0. The average Bonchev–Trinajstić information content (AvgIpc) is 2.33. The van der Waals surface area contributed by atoms with Gasteiger partial charge in [-0.3, -0.25) is 4.90 Å². The minimum Gasteiger partial charge on any atom is -0.326 e. The van der Waals surface area contributed by atoms with Crippen LogP contribution in [0.2, 0.25) is 0 Å². The second-order valence-electron chi connectivity index (χ2n) is 6.88. The Hall–Kier alpha value is -0.0800. The van der Waals surface area contributed by atoms with Crippen LogP contribution in [-0.4, -0.2) is 29.6 Å². The number of nitrogens with two attached hydrogens (primary N) is 1. The SMILES string of the molecule is CCN(CC)C(C)(C)C(N)C1CCC(C)C(C)C1. The number of hydrogen-bond acceptors (Lipinski definition) is 2. The van der Waals surface area contributed by atoms with Crippen LogP contribution in [0, 0.1) is 17.8 Å². The van der Waals surface area contributed by atoms with Crippen molar-refractivity contribution in [2.75, 3.05) is 13.1 Å². The normalized spacial score (nSPS) is 31.7.